The topological polar surface area (TPSA) is 114 Å². The van der Waals surface area contributed by atoms with Crippen LogP contribution in [0.2, 0.25) is 0 Å². The Balaban J connectivity index is 1.88. The molecule has 0 saturated carbocycles. The van der Waals surface area contributed by atoms with E-state index in [-0.39, 0.29) is 23.0 Å². The summed E-state index contributed by atoms with van der Waals surface area (Å²) in [6, 6.07) is 24.0. The molecule has 0 saturated heterocycles. The second-order valence-corrected chi connectivity index (χ2v) is 10.6. The van der Waals surface area contributed by atoms with Crippen LogP contribution in [0.3, 0.4) is 0 Å². The highest BCUT2D eigenvalue weighted by Gasteiger charge is 2.32. The van der Waals surface area contributed by atoms with Crippen molar-refractivity contribution in [2.45, 2.75) is 24.7 Å². The minimum atomic E-state index is -0.620. The van der Waals surface area contributed by atoms with E-state index in [4.69, 9.17) is 0 Å². The van der Waals surface area contributed by atoms with Crippen molar-refractivity contribution in [1.29, 1.82) is 0 Å². The molecule has 0 fully saturated rings. The van der Waals surface area contributed by atoms with E-state index in [9.17, 15) is 25.6 Å². The third-order valence-electron chi connectivity index (χ3n) is 6.27. The summed E-state index contributed by atoms with van der Waals surface area (Å²) >= 11 is 6.99. The Labute approximate surface area is 231 Å². The highest BCUT2D eigenvalue weighted by atomic mass is 79.9. The molecule has 4 aromatic rings. The number of halogens is 2. The van der Waals surface area contributed by atoms with Crippen molar-refractivity contribution in [3.8, 4) is 23.0 Å². The third-order valence-corrected chi connectivity index (χ3v) is 7.25. The van der Waals surface area contributed by atoms with Crippen LogP contribution in [0.25, 0.3) is 0 Å². The number of phenolic OH excluding ortho intramolecular Hbond substituents is 4. The number of hydrogen-bond acceptors (Lipinski definition) is 6. The quantitative estimate of drug-likeness (QED) is 0.0805. The smallest absolute Gasteiger partial charge is 0.123 e. The summed E-state index contributed by atoms with van der Waals surface area (Å²) in [6.07, 6.45) is 0.732. The van der Waals surface area contributed by atoms with Gasteiger partial charge in [0.25, 0.3) is 0 Å². The van der Waals surface area contributed by atoms with Gasteiger partial charge in [0, 0.05) is 44.0 Å². The van der Waals surface area contributed by atoms with Crippen LogP contribution in [0.5, 0.6) is 23.0 Å². The molecule has 6 nitrogen and oxygen atoms in total. The van der Waals surface area contributed by atoms with Gasteiger partial charge in [-0.2, -0.15) is 0 Å². The van der Waals surface area contributed by atoms with Crippen molar-refractivity contribution < 1.29 is 25.6 Å². The molecular formula is C29H25Br2NO5. The molecule has 0 spiro atoms. The van der Waals surface area contributed by atoms with Crippen LogP contribution in [-0.4, -0.2) is 31.3 Å². The van der Waals surface area contributed by atoms with Gasteiger partial charge in [-0.25, -0.2) is 0 Å². The maximum Gasteiger partial charge on any atom is 0.123 e. The first kappa shape index (κ1) is 26.6. The van der Waals surface area contributed by atoms with Crippen molar-refractivity contribution in [3.63, 3.8) is 0 Å². The Morgan fingerprint density at radius 1 is 0.622 bits per heavy atom. The number of aromatic hydroxyl groups is 4. The lowest BCUT2D eigenvalue weighted by Crippen LogP contribution is -2.25. The summed E-state index contributed by atoms with van der Waals surface area (Å²) < 4.78 is 1.76. The lowest BCUT2D eigenvalue weighted by atomic mass is 9.77. The molecule has 0 aromatic heterocycles. The molecule has 0 bridgehead atoms. The summed E-state index contributed by atoms with van der Waals surface area (Å²) in [6.45, 7) is 0. The molecule has 190 valence electrons. The Morgan fingerprint density at radius 3 is 1.41 bits per heavy atom. The number of hydrogen-bond donors (Lipinski definition) is 5. The van der Waals surface area contributed by atoms with E-state index in [1.165, 1.54) is 24.3 Å². The summed E-state index contributed by atoms with van der Waals surface area (Å²) in [5.41, 5.74) is 3.07. The number of benzene rings is 4. The third kappa shape index (κ3) is 6.45. The van der Waals surface area contributed by atoms with Crippen LogP contribution < -0.4 is 0 Å². The second kappa shape index (κ2) is 11.7. The molecule has 0 aliphatic rings. The fourth-order valence-corrected chi connectivity index (χ4v) is 5.48. The van der Waals surface area contributed by atoms with E-state index in [2.05, 4.69) is 37.0 Å². The average molecular weight is 627 g/mol. The van der Waals surface area contributed by atoms with Crippen LogP contribution in [0, 0.1) is 0 Å². The molecule has 0 radical (unpaired) electrons. The van der Waals surface area contributed by atoms with E-state index >= 15 is 0 Å². The molecule has 0 aliphatic heterocycles. The normalized spacial score (nSPS) is 12.6. The van der Waals surface area contributed by atoms with Crippen LogP contribution >= 0.6 is 31.9 Å². The van der Waals surface area contributed by atoms with Crippen molar-refractivity contribution >= 4 is 37.6 Å². The van der Waals surface area contributed by atoms with Gasteiger partial charge in [-0.15, -0.1) is 0 Å². The summed E-state index contributed by atoms with van der Waals surface area (Å²) in [4.78, 5) is 0. The minimum absolute atomic E-state index is 0.0909. The van der Waals surface area contributed by atoms with Gasteiger partial charge >= 0.3 is 0 Å². The standard InChI is InChI=1S/C29H25Br2NO5/c30-19-5-1-3-17(11-19)13-25(23-9-7-21(33)15-27(23)35)29(32-37)26(14-18-4-2-6-20(31)12-18)24-10-8-22(34)16-28(24)36/h1-12,15-16,25-26,33-37H,13-14H2. The van der Waals surface area contributed by atoms with Gasteiger partial charge in [-0.3, -0.25) is 0 Å². The number of phenols is 4. The summed E-state index contributed by atoms with van der Waals surface area (Å²) in [5.74, 6) is -1.70. The first-order chi connectivity index (χ1) is 17.7. The highest BCUT2D eigenvalue weighted by Crippen LogP contribution is 2.40. The maximum absolute atomic E-state index is 10.8. The molecule has 4 rings (SSSR count). The zero-order valence-electron chi connectivity index (χ0n) is 19.6. The van der Waals surface area contributed by atoms with Gasteiger partial charge in [0.1, 0.15) is 23.0 Å². The van der Waals surface area contributed by atoms with Gasteiger partial charge in [0.15, 0.2) is 0 Å². The maximum atomic E-state index is 10.8. The van der Waals surface area contributed by atoms with Gasteiger partial charge in [0.05, 0.1) is 5.71 Å². The first-order valence-corrected chi connectivity index (χ1v) is 13.1. The minimum Gasteiger partial charge on any atom is -0.508 e. The van der Waals surface area contributed by atoms with Crippen LogP contribution in [0.1, 0.15) is 34.1 Å². The van der Waals surface area contributed by atoms with Crippen molar-refractivity contribution in [2.24, 2.45) is 5.16 Å². The van der Waals surface area contributed by atoms with Gasteiger partial charge in [0.2, 0.25) is 0 Å². The number of nitrogens with zero attached hydrogens (tertiary/aromatic N) is 1. The van der Waals surface area contributed by atoms with E-state index in [1.54, 1.807) is 12.1 Å². The average Bonchev–Trinajstić information content (AvgIpc) is 2.84. The Hall–Kier alpha value is -3.49. The van der Waals surface area contributed by atoms with Gasteiger partial charge < -0.3 is 25.6 Å². The van der Waals surface area contributed by atoms with Crippen molar-refractivity contribution in [1.82, 2.24) is 0 Å². The molecule has 0 amide bonds. The van der Waals surface area contributed by atoms with E-state index in [0.717, 1.165) is 20.1 Å². The zero-order chi connectivity index (χ0) is 26.5. The van der Waals surface area contributed by atoms with E-state index in [0.29, 0.717) is 29.7 Å². The summed E-state index contributed by atoms with van der Waals surface area (Å²) in [5, 5.41) is 55.6. The van der Waals surface area contributed by atoms with Crippen LogP contribution in [0.15, 0.2) is 99.0 Å². The first-order valence-electron chi connectivity index (χ1n) is 11.5. The van der Waals surface area contributed by atoms with Crippen LogP contribution in [-0.2, 0) is 12.8 Å². The SMILES string of the molecule is ON=C(C(Cc1cccc(Br)c1)c1ccc(O)cc1O)C(Cc1cccc(Br)c1)c1ccc(O)cc1O. The fourth-order valence-electron chi connectivity index (χ4n) is 4.58. The lowest BCUT2D eigenvalue weighted by Gasteiger charge is -2.27. The predicted octanol–water partition coefficient (Wildman–Crippen LogP) is 7.22. The van der Waals surface area contributed by atoms with Crippen LogP contribution in [0.4, 0.5) is 0 Å². The predicted molar refractivity (Wildman–Crippen MR) is 150 cm³/mol. The van der Waals surface area contributed by atoms with Crippen molar-refractivity contribution in [2.75, 3.05) is 0 Å². The number of rotatable bonds is 8. The highest BCUT2D eigenvalue weighted by molar-refractivity contribution is 9.10. The molecule has 37 heavy (non-hydrogen) atoms. The molecule has 5 N–H and O–H groups in total. The molecule has 0 aliphatic carbocycles. The molecule has 0 heterocycles. The van der Waals surface area contributed by atoms with Gasteiger partial charge in [-0.1, -0.05) is 73.4 Å². The molecule has 2 atom stereocenters. The second-order valence-electron chi connectivity index (χ2n) is 8.78. The van der Waals surface area contributed by atoms with Crippen molar-refractivity contribution in [3.05, 3.63) is 116 Å². The fraction of sp³-hybridized carbons (Fsp3) is 0.138. The Kier molecular flexibility index (Phi) is 8.41. The Bertz CT molecular complexity index is 1330. The van der Waals surface area contributed by atoms with Gasteiger partial charge in [-0.05, 0) is 60.4 Å². The Morgan fingerprint density at radius 2 is 1.05 bits per heavy atom. The summed E-state index contributed by atoms with van der Waals surface area (Å²) in [7, 11) is 0. The largest absolute Gasteiger partial charge is 0.508 e. The zero-order valence-corrected chi connectivity index (χ0v) is 22.8. The molecular weight excluding hydrogens is 602 g/mol. The monoisotopic (exact) mass is 625 g/mol. The molecule has 4 aromatic carbocycles. The van der Waals surface area contributed by atoms with E-state index < -0.39 is 11.8 Å². The van der Waals surface area contributed by atoms with E-state index in [1.807, 2.05) is 48.5 Å². The molecule has 2 unspecified atom stereocenters. The number of oxime groups is 1. The lowest BCUT2D eigenvalue weighted by molar-refractivity contribution is 0.313. The molecule has 8 heteroatoms.